The summed E-state index contributed by atoms with van der Waals surface area (Å²) in [7, 11) is 1.79. The average molecular weight is 368 g/mol. The number of aryl methyl sites for hydroxylation is 1. The molecule has 0 radical (unpaired) electrons. The first-order valence-corrected chi connectivity index (χ1v) is 9.06. The molecule has 1 N–H and O–H groups in total. The molecule has 2 amide bonds. The molecular formula is C20H20N2O3S. The highest BCUT2D eigenvalue weighted by molar-refractivity contribution is 7.18. The number of nitrogens with zero attached hydrogens (tertiary/aromatic N) is 1. The first kappa shape index (κ1) is 17.9. The summed E-state index contributed by atoms with van der Waals surface area (Å²) in [4.78, 5) is 27.3. The number of hydrogen-bond acceptors (Lipinski definition) is 4. The molecule has 1 atom stereocenters. The summed E-state index contributed by atoms with van der Waals surface area (Å²) in [5, 5.41) is 3.39. The van der Waals surface area contributed by atoms with Gasteiger partial charge in [-0.3, -0.25) is 9.59 Å². The van der Waals surface area contributed by atoms with E-state index < -0.39 is 0 Å². The van der Waals surface area contributed by atoms with Crippen molar-refractivity contribution in [2.75, 3.05) is 12.4 Å². The van der Waals surface area contributed by atoms with Crippen LogP contribution in [0, 0.1) is 6.92 Å². The normalized spacial score (nSPS) is 11.8. The number of rotatable bonds is 5. The number of thiophene rings is 1. The first-order chi connectivity index (χ1) is 12.5. The average Bonchev–Trinajstić information content (AvgIpc) is 3.30. The Hall–Kier alpha value is -2.86. The van der Waals surface area contributed by atoms with Crippen molar-refractivity contribution in [2.24, 2.45) is 0 Å². The van der Waals surface area contributed by atoms with Crippen LogP contribution in [0.4, 0.5) is 5.00 Å². The lowest BCUT2D eigenvalue weighted by Gasteiger charge is -2.25. The van der Waals surface area contributed by atoms with Crippen molar-refractivity contribution >= 4 is 28.2 Å². The standard InChI is InChI=1S/C20H20N2O3S/c1-13-12-17(21-19(23)16-10-7-11-25-16)26-18(13)20(24)22(3)14(2)15-8-5-4-6-9-15/h4-12,14H,1-3H3,(H,21,23)/t14-/m0/s1. The van der Waals surface area contributed by atoms with Crippen molar-refractivity contribution < 1.29 is 14.0 Å². The summed E-state index contributed by atoms with van der Waals surface area (Å²) in [5.41, 5.74) is 1.91. The van der Waals surface area contributed by atoms with Crippen LogP contribution >= 0.6 is 11.3 Å². The Labute approximate surface area is 156 Å². The van der Waals surface area contributed by atoms with Gasteiger partial charge >= 0.3 is 0 Å². The maximum absolute atomic E-state index is 12.9. The minimum atomic E-state index is -0.332. The summed E-state index contributed by atoms with van der Waals surface area (Å²) in [6, 6.07) is 14.9. The molecule has 1 aromatic carbocycles. The molecule has 2 aromatic heterocycles. The Bertz CT molecular complexity index is 901. The molecule has 0 fully saturated rings. The second-order valence-electron chi connectivity index (χ2n) is 6.06. The number of amides is 2. The summed E-state index contributed by atoms with van der Waals surface area (Å²) in [5.74, 6) is -0.164. The summed E-state index contributed by atoms with van der Waals surface area (Å²) < 4.78 is 5.09. The van der Waals surface area contributed by atoms with Crippen molar-refractivity contribution in [2.45, 2.75) is 19.9 Å². The van der Waals surface area contributed by atoms with E-state index in [1.165, 1.54) is 17.6 Å². The molecule has 0 spiro atoms. The Morgan fingerprint density at radius 2 is 1.88 bits per heavy atom. The van der Waals surface area contributed by atoms with Gasteiger partial charge in [-0.05, 0) is 43.2 Å². The lowest BCUT2D eigenvalue weighted by atomic mass is 10.1. The van der Waals surface area contributed by atoms with Gasteiger partial charge in [-0.1, -0.05) is 30.3 Å². The van der Waals surface area contributed by atoms with Gasteiger partial charge in [0.25, 0.3) is 11.8 Å². The van der Waals surface area contributed by atoms with Gasteiger partial charge in [0, 0.05) is 7.05 Å². The Kier molecular flexibility index (Phi) is 5.23. The third-order valence-corrected chi connectivity index (χ3v) is 5.42. The van der Waals surface area contributed by atoms with Crippen LogP contribution < -0.4 is 5.32 Å². The topological polar surface area (TPSA) is 62.6 Å². The van der Waals surface area contributed by atoms with Gasteiger partial charge in [0.05, 0.1) is 22.2 Å². The van der Waals surface area contributed by atoms with E-state index in [2.05, 4.69) is 5.32 Å². The lowest BCUT2D eigenvalue weighted by molar-refractivity contribution is 0.0746. The zero-order chi connectivity index (χ0) is 18.7. The SMILES string of the molecule is Cc1cc(NC(=O)c2ccco2)sc1C(=O)N(C)[C@@H](C)c1ccccc1. The highest BCUT2D eigenvalue weighted by atomic mass is 32.1. The van der Waals surface area contributed by atoms with Crippen LogP contribution in [-0.4, -0.2) is 23.8 Å². The van der Waals surface area contributed by atoms with Crippen LogP contribution in [0.5, 0.6) is 0 Å². The smallest absolute Gasteiger partial charge is 0.291 e. The Morgan fingerprint density at radius 1 is 1.15 bits per heavy atom. The molecule has 0 unspecified atom stereocenters. The fourth-order valence-electron chi connectivity index (χ4n) is 2.63. The Balaban J connectivity index is 1.75. The molecule has 0 bridgehead atoms. The predicted octanol–water partition coefficient (Wildman–Crippen LogP) is 4.74. The van der Waals surface area contributed by atoms with E-state index in [1.807, 2.05) is 44.2 Å². The van der Waals surface area contributed by atoms with Gasteiger partial charge in [0.15, 0.2) is 5.76 Å². The number of carbonyl (C=O) groups excluding carboxylic acids is 2. The van der Waals surface area contributed by atoms with E-state index in [1.54, 1.807) is 30.1 Å². The predicted molar refractivity (Wildman–Crippen MR) is 103 cm³/mol. The summed E-state index contributed by atoms with van der Waals surface area (Å²) in [6.07, 6.45) is 1.45. The summed E-state index contributed by atoms with van der Waals surface area (Å²) >= 11 is 1.27. The second kappa shape index (κ2) is 7.58. The fraction of sp³-hybridized carbons (Fsp3) is 0.200. The molecule has 6 heteroatoms. The molecule has 134 valence electrons. The number of benzene rings is 1. The number of carbonyl (C=O) groups is 2. The van der Waals surface area contributed by atoms with Crippen molar-refractivity contribution in [1.82, 2.24) is 4.90 Å². The zero-order valence-corrected chi connectivity index (χ0v) is 15.7. The van der Waals surface area contributed by atoms with Crippen LogP contribution in [0.3, 0.4) is 0 Å². The third-order valence-electron chi connectivity index (χ3n) is 4.28. The van der Waals surface area contributed by atoms with Crippen molar-refractivity contribution in [3.05, 3.63) is 76.6 Å². The van der Waals surface area contributed by atoms with Crippen LogP contribution in [0.1, 0.15) is 44.3 Å². The molecule has 3 aromatic rings. The van der Waals surface area contributed by atoms with Crippen LogP contribution in [-0.2, 0) is 0 Å². The quantitative estimate of drug-likeness (QED) is 0.708. The van der Waals surface area contributed by atoms with Crippen LogP contribution in [0.2, 0.25) is 0 Å². The maximum Gasteiger partial charge on any atom is 0.291 e. The molecule has 0 saturated heterocycles. The third kappa shape index (κ3) is 3.70. The molecule has 0 aliphatic carbocycles. The fourth-order valence-corrected chi connectivity index (χ4v) is 3.68. The van der Waals surface area contributed by atoms with Crippen molar-refractivity contribution in [3.63, 3.8) is 0 Å². The van der Waals surface area contributed by atoms with E-state index in [0.29, 0.717) is 9.88 Å². The van der Waals surface area contributed by atoms with E-state index in [0.717, 1.165) is 11.1 Å². The molecule has 3 rings (SSSR count). The Morgan fingerprint density at radius 3 is 2.54 bits per heavy atom. The lowest BCUT2D eigenvalue weighted by Crippen LogP contribution is -2.29. The van der Waals surface area contributed by atoms with E-state index in [4.69, 9.17) is 4.42 Å². The number of hydrogen-bond donors (Lipinski definition) is 1. The van der Waals surface area contributed by atoms with E-state index >= 15 is 0 Å². The van der Waals surface area contributed by atoms with Crippen LogP contribution in [0.25, 0.3) is 0 Å². The maximum atomic E-state index is 12.9. The minimum absolute atomic E-state index is 0.0497. The second-order valence-corrected chi connectivity index (χ2v) is 7.11. The number of nitrogens with one attached hydrogen (secondary N) is 1. The molecule has 0 aliphatic rings. The van der Waals surface area contributed by atoms with Gasteiger partial charge in [0.2, 0.25) is 0 Å². The van der Waals surface area contributed by atoms with Gasteiger partial charge < -0.3 is 14.6 Å². The molecule has 0 aliphatic heterocycles. The molecular weight excluding hydrogens is 348 g/mol. The van der Waals surface area contributed by atoms with E-state index in [9.17, 15) is 9.59 Å². The summed E-state index contributed by atoms with van der Waals surface area (Å²) in [6.45, 7) is 3.86. The molecule has 2 heterocycles. The van der Waals surface area contributed by atoms with Crippen molar-refractivity contribution in [3.8, 4) is 0 Å². The van der Waals surface area contributed by atoms with Crippen molar-refractivity contribution in [1.29, 1.82) is 0 Å². The van der Waals surface area contributed by atoms with Gasteiger partial charge in [-0.2, -0.15) is 0 Å². The minimum Gasteiger partial charge on any atom is -0.459 e. The monoisotopic (exact) mass is 368 g/mol. The van der Waals surface area contributed by atoms with Gasteiger partial charge in [-0.25, -0.2) is 0 Å². The number of furan rings is 1. The molecule has 26 heavy (non-hydrogen) atoms. The van der Waals surface area contributed by atoms with Gasteiger partial charge in [0.1, 0.15) is 0 Å². The van der Waals surface area contributed by atoms with E-state index in [-0.39, 0.29) is 23.6 Å². The molecule has 5 nitrogen and oxygen atoms in total. The largest absolute Gasteiger partial charge is 0.459 e. The highest BCUT2D eigenvalue weighted by Crippen LogP contribution is 2.30. The van der Waals surface area contributed by atoms with Crippen LogP contribution in [0.15, 0.2) is 59.2 Å². The van der Waals surface area contributed by atoms with Gasteiger partial charge in [-0.15, -0.1) is 11.3 Å². The zero-order valence-electron chi connectivity index (χ0n) is 14.9. The number of anilines is 1. The highest BCUT2D eigenvalue weighted by Gasteiger charge is 2.23. The molecule has 0 saturated carbocycles. The first-order valence-electron chi connectivity index (χ1n) is 8.24.